The summed E-state index contributed by atoms with van der Waals surface area (Å²) in [5.41, 5.74) is 0.798. The summed E-state index contributed by atoms with van der Waals surface area (Å²) in [5.74, 6) is -1.13. The molecule has 0 aliphatic heterocycles. The van der Waals surface area contributed by atoms with E-state index in [-0.39, 0.29) is 16.3 Å². The van der Waals surface area contributed by atoms with E-state index in [1.807, 2.05) is 0 Å². The SMILES string of the molecule is O=C(O)c1cc(S(=O)(=O)NCc2cc[nH]c2)cs1. The average molecular weight is 286 g/mol. The van der Waals surface area contributed by atoms with Crippen LogP contribution in [0.15, 0.2) is 34.8 Å². The van der Waals surface area contributed by atoms with Gasteiger partial charge in [-0.2, -0.15) is 0 Å². The molecule has 0 amide bonds. The summed E-state index contributed by atoms with van der Waals surface area (Å²) in [6.07, 6.45) is 3.37. The molecule has 0 aliphatic rings. The van der Waals surface area contributed by atoms with Gasteiger partial charge in [0.25, 0.3) is 0 Å². The van der Waals surface area contributed by atoms with Crippen LogP contribution in [0.4, 0.5) is 0 Å². The number of aromatic carboxylic acids is 1. The molecule has 2 rings (SSSR count). The minimum atomic E-state index is -3.67. The molecule has 0 aromatic carbocycles. The zero-order valence-electron chi connectivity index (χ0n) is 9.08. The molecular weight excluding hydrogens is 276 g/mol. The van der Waals surface area contributed by atoms with E-state index in [0.717, 1.165) is 23.0 Å². The molecule has 2 aromatic heterocycles. The molecule has 0 aliphatic carbocycles. The molecule has 0 fully saturated rings. The highest BCUT2D eigenvalue weighted by atomic mass is 32.2. The number of aromatic nitrogens is 1. The van der Waals surface area contributed by atoms with Crippen LogP contribution in [0.1, 0.15) is 15.2 Å². The Kier molecular flexibility index (Phi) is 3.50. The highest BCUT2D eigenvalue weighted by Crippen LogP contribution is 2.19. The van der Waals surface area contributed by atoms with Crippen LogP contribution in [-0.2, 0) is 16.6 Å². The van der Waals surface area contributed by atoms with Crippen LogP contribution in [0.3, 0.4) is 0 Å². The van der Waals surface area contributed by atoms with Gasteiger partial charge in [0.1, 0.15) is 4.88 Å². The van der Waals surface area contributed by atoms with Gasteiger partial charge in [-0.05, 0) is 17.7 Å². The Bertz CT molecular complexity index is 643. The maximum atomic E-state index is 11.9. The number of carboxylic acid groups (broad SMARTS) is 1. The van der Waals surface area contributed by atoms with Gasteiger partial charge in [-0.15, -0.1) is 11.3 Å². The highest BCUT2D eigenvalue weighted by Gasteiger charge is 2.18. The number of H-pyrrole nitrogens is 1. The maximum Gasteiger partial charge on any atom is 0.345 e. The summed E-state index contributed by atoms with van der Waals surface area (Å²) in [6.45, 7) is 0.157. The lowest BCUT2D eigenvalue weighted by molar-refractivity contribution is 0.0702. The number of nitrogens with one attached hydrogen (secondary N) is 2. The van der Waals surface area contributed by atoms with Crippen molar-refractivity contribution in [3.63, 3.8) is 0 Å². The number of rotatable bonds is 5. The van der Waals surface area contributed by atoms with Crippen molar-refractivity contribution in [1.82, 2.24) is 9.71 Å². The molecule has 0 bridgehead atoms. The third-order valence-corrected chi connectivity index (χ3v) is 4.67. The van der Waals surface area contributed by atoms with E-state index in [1.165, 1.54) is 5.38 Å². The molecule has 0 atom stereocenters. The van der Waals surface area contributed by atoms with Crippen molar-refractivity contribution in [2.45, 2.75) is 11.4 Å². The van der Waals surface area contributed by atoms with Crippen molar-refractivity contribution < 1.29 is 18.3 Å². The zero-order chi connectivity index (χ0) is 13.2. The first kappa shape index (κ1) is 12.8. The fourth-order valence-corrected chi connectivity index (χ4v) is 3.43. The van der Waals surface area contributed by atoms with E-state index in [9.17, 15) is 13.2 Å². The lowest BCUT2D eigenvalue weighted by Gasteiger charge is -2.02. The summed E-state index contributed by atoms with van der Waals surface area (Å²) in [7, 11) is -3.67. The average Bonchev–Trinajstić information content (AvgIpc) is 2.98. The number of carboxylic acids is 1. The Morgan fingerprint density at radius 3 is 2.83 bits per heavy atom. The van der Waals surface area contributed by atoms with Crippen molar-refractivity contribution in [3.8, 4) is 0 Å². The predicted octanol–water partition coefficient (Wildman–Crippen LogP) is 1.25. The smallest absolute Gasteiger partial charge is 0.345 e. The molecule has 18 heavy (non-hydrogen) atoms. The number of aromatic amines is 1. The molecule has 0 saturated heterocycles. The van der Waals surface area contributed by atoms with E-state index in [2.05, 4.69) is 9.71 Å². The number of hydrogen-bond donors (Lipinski definition) is 3. The topological polar surface area (TPSA) is 99.3 Å². The van der Waals surface area contributed by atoms with Crippen LogP contribution in [0.25, 0.3) is 0 Å². The molecule has 96 valence electrons. The van der Waals surface area contributed by atoms with Crippen molar-refractivity contribution in [2.75, 3.05) is 0 Å². The highest BCUT2D eigenvalue weighted by molar-refractivity contribution is 7.89. The second kappa shape index (κ2) is 4.92. The van der Waals surface area contributed by atoms with Gasteiger partial charge >= 0.3 is 5.97 Å². The van der Waals surface area contributed by atoms with Crippen LogP contribution in [0.5, 0.6) is 0 Å². The number of sulfonamides is 1. The van der Waals surface area contributed by atoms with Crippen LogP contribution in [0, 0.1) is 0 Å². The molecule has 3 N–H and O–H groups in total. The lowest BCUT2D eigenvalue weighted by atomic mass is 10.4. The van der Waals surface area contributed by atoms with Gasteiger partial charge in [-0.25, -0.2) is 17.9 Å². The lowest BCUT2D eigenvalue weighted by Crippen LogP contribution is -2.22. The van der Waals surface area contributed by atoms with E-state index < -0.39 is 16.0 Å². The second-order valence-corrected chi connectivity index (χ2v) is 6.17. The quantitative estimate of drug-likeness (QED) is 0.770. The Labute approximate surface area is 107 Å². The molecule has 8 heteroatoms. The molecule has 2 aromatic rings. The van der Waals surface area contributed by atoms with Crippen LogP contribution in [-0.4, -0.2) is 24.5 Å². The summed E-state index contributed by atoms with van der Waals surface area (Å²) in [4.78, 5) is 13.5. The van der Waals surface area contributed by atoms with E-state index in [0.29, 0.717) is 0 Å². The van der Waals surface area contributed by atoms with Crippen LogP contribution < -0.4 is 4.72 Å². The van der Waals surface area contributed by atoms with Gasteiger partial charge in [0.05, 0.1) is 4.90 Å². The Morgan fingerprint density at radius 1 is 1.50 bits per heavy atom. The molecule has 0 spiro atoms. The van der Waals surface area contributed by atoms with Gasteiger partial charge in [0.2, 0.25) is 10.0 Å². The van der Waals surface area contributed by atoms with Gasteiger partial charge in [0, 0.05) is 24.3 Å². The van der Waals surface area contributed by atoms with E-state index in [1.54, 1.807) is 18.5 Å². The molecule has 0 radical (unpaired) electrons. The molecule has 6 nitrogen and oxygen atoms in total. The first-order valence-electron chi connectivity index (χ1n) is 4.92. The van der Waals surface area contributed by atoms with Crippen molar-refractivity contribution in [1.29, 1.82) is 0 Å². The van der Waals surface area contributed by atoms with Crippen molar-refractivity contribution >= 4 is 27.3 Å². The molecule has 0 saturated carbocycles. The summed E-state index contributed by atoms with van der Waals surface area (Å²) in [5, 5.41) is 10.0. The van der Waals surface area contributed by atoms with E-state index >= 15 is 0 Å². The van der Waals surface area contributed by atoms with Crippen LogP contribution in [0.2, 0.25) is 0 Å². The van der Waals surface area contributed by atoms with Gasteiger partial charge < -0.3 is 10.1 Å². The largest absolute Gasteiger partial charge is 0.477 e. The zero-order valence-corrected chi connectivity index (χ0v) is 10.7. The van der Waals surface area contributed by atoms with Gasteiger partial charge in [-0.1, -0.05) is 0 Å². The van der Waals surface area contributed by atoms with Gasteiger partial charge in [0.15, 0.2) is 0 Å². The third-order valence-electron chi connectivity index (χ3n) is 2.23. The standard InChI is InChI=1S/C10H10N2O4S2/c13-10(14)9-3-8(6-17-9)18(15,16)12-5-7-1-2-11-4-7/h1-4,6,11-12H,5H2,(H,13,14). The first-order chi connectivity index (χ1) is 8.49. The minimum absolute atomic E-state index is 0.00276. The summed E-state index contributed by atoms with van der Waals surface area (Å²) < 4.78 is 26.1. The fraction of sp³-hybridized carbons (Fsp3) is 0.100. The molecule has 0 unspecified atom stereocenters. The minimum Gasteiger partial charge on any atom is -0.477 e. The number of thiophene rings is 1. The van der Waals surface area contributed by atoms with Crippen molar-refractivity contribution in [3.05, 3.63) is 40.3 Å². The normalized spacial score (nSPS) is 11.6. The summed E-state index contributed by atoms with van der Waals surface area (Å²) in [6, 6.07) is 2.89. The van der Waals surface area contributed by atoms with Gasteiger partial charge in [-0.3, -0.25) is 0 Å². The molecule has 2 heterocycles. The maximum absolute atomic E-state index is 11.9. The first-order valence-corrected chi connectivity index (χ1v) is 7.28. The number of hydrogen-bond acceptors (Lipinski definition) is 4. The van der Waals surface area contributed by atoms with E-state index in [4.69, 9.17) is 5.11 Å². The predicted molar refractivity (Wildman–Crippen MR) is 66.1 cm³/mol. The summed E-state index contributed by atoms with van der Waals surface area (Å²) >= 11 is 0.883. The van der Waals surface area contributed by atoms with Crippen LogP contribution >= 0.6 is 11.3 Å². The Balaban J connectivity index is 2.12. The fourth-order valence-electron chi connectivity index (χ4n) is 1.30. The number of carbonyl (C=O) groups is 1. The third kappa shape index (κ3) is 2.78. The monoisotopic (exact) mass is 286 g/mol. The van der Waals surface area contributed by atoms with Crippen molar-refractivity contribution in [2.24, 2.45) is 0 Å². The Hall–Kier alpha value is -1.64. The molecular formula is C10H10N2O4S2. The Morgan fingerprint density at radius 2 is 2.28 bits per heavy atom. The second-order valence-electron chi connectivity index (χ2n) is 3.50.